The van der Waals surface area contributed by atoms with E-state index in [1.807, 2.05) is 30.3 Å². The lowest BCUT2D eigenvalue weighted by Gasteiger charge is -2.16. The van der Waals surface area contributed by atoms with Crippen LogP contribution in [-0.2, 0) is 11.2 Å². The molecule has 4 rings (SSSR count). The Kier molecular flexibility index (Phi) is 4.15. The Bertz CT molecular complexity index is 989. The Morgan fingerprint density at radius 2 is 1.96 bits per heavy atom. The van der Waals surface area contributed by atoms with Gasteiger partial charge in [-0.2, -0.15) is 5.10 Å². The zero-order valence-electron chi connectivity index (χ0n) is 13.9. The van der Waals surface area contributed by atoms with Gasteiger partial charge in [0.1, 0.15) is 12.7 Å². The molecule has 128 valence electrons. The van der Waals surface area contributed by atoms with E-state index in [-0.39, 0.29) is 11.7 Å². The van der Waals surface area contributed by atoms with Crippen LogP contribution >= 0.6 is 0 Å². The van der Waals surface area contributed by atoms with E-state index < -0.39 is 0 Å². The molecule has 3 aromatic rings. The highest BCUT2D eigenvalue weighted by molar-refractivity contribution is 6.07. The van der Waals surface area contributed by atoms with Crippen molar-refractivity contribution in [3.63, 3.8) is 0 Å². The zero-order chi connectivity index (χ0) is 17.9. The SMILES string of the molecule is O=C1CCc2cc(C(=O)/C=C\c3ccc(-n4cncn4)cc3)ccc2N1. The van der Waals surface area contributed by atoms with Crippen LogP contribution in [0.1, 0.15) is 27.9 Å². The minimum atomic E-state index is -0.0648. The molecule has 0 unspecified atom stereocenters. The van der Waals surface area contributed by atoms with Gasteiger partial charge < -0.3 is 5.32 Å². The second-order valence-corrected chi connectivity index (χ2v) is 6.05. The average molecular weight is 344 g/mol. The third-order valence-corrected chi connectivity index (χ3v) is 4.29. The fraction of sp³-hybridized carbons (Fsp3) is 0.100. The van der Waals surface area contributed by atoms with Crippen molar-refractivity contribution in [1.29, 1.82) is 0 Å². The molecule has 0 saturated carbocycles. The van der Waals surface area contributed by atoms with Crippen molar-refractivity contribution < 1.29 is 9.59 Å². The predicted octanol–water partition coefficient (Wildman–Crippen LogP) is 3.05. The fourth-order valence-corrected chi connectivity index (χ4v) is 2.88. The molecule has 1 N–H and O–H groups in total. The maximum atomic E-state index is 12.4. The molecule has 1 aromatic heterocycles. The zero-order valence-corrected chi connectivity index (χ0v) is 13.9. The highest BCUT2D eigenvalue weighted by atomic mass is 16.1. The number of nitrogens with zero attached hydrogens (tertiary/aromatic N) is 3. The number of carbonyl (C=O) groups excluding carboxylic acids is 2. The van der Waals surface area contributed by atoms with Crippen molar-refractivity contribution in [3.05, 3.63) is 77.9 Å². The summed E-state index contributed by atoms with van der Waals surface area (Å²) in [6, 6.07) is 13.1. The lowest BCUT2D eigenvalue weighted by atomic mass is 9.98. The number of aromatic nitrogens is 3. The molecule has 0 spiro atoms. The summed E-state index contributed by atoms with van der Waals surface area (Å²) >= 11 is 0. The molecule has 0 saturated heterocycles. The maximum absolute atomic E-state index is 12.4. The Morgan fingerprint density at radius 3 is 2.73 bits per heavy atom. The van der Waals surface area contributed by atoms with Gasteiger partial charge in [-0.1, -0.05) is 18.2 Å². The Balaban J connectivity index is 1.48. The number of ketones is 1. The molecule has 1 amide bonds. The number of anilines is 1. The lowest BCUT2D eigenvalue weighted by Crippen LogP contribution is -2.19. The normalized spacial score (nSPS) is 13.5. The number of aryl methyl sites for hydroxylation is 1. The van der Waals surface area contributed by atoms with Crippen molar-refractivity contribution >= 4 is 23.5 Å². The van der Waals surface area contributed by atoms with Gasteiger partial charge >= 0.3 is 0 Å². The first-order valence-electron chi connectivity index (χ1n) is 8.29. The van der Waals surface area contributed by atoms with Crippen molar-refractivity contribution in [3.8, 4) is 5.69 Å². The Morgan fingerprint density at radius 1 is 1.12 bits per heavy atom. The van der Waals surface area contributed by atoms with Crippen molar-refractivity contribution in [2.75, 3.05) is 5.32 Å². The molecular formula is C20H16N4O2. The summed E-state index contributed by atoms with van der Waals surface area (Å²) in [5.41, 5.74) is 4.25. The maximum Gasteiger partial charge on any atom is 0.224 e. The van der Waals surface area contributed by atoms with Crippen LogP contribution in [0, 0.1) is 0 Å². The van der Waals surface area contributed by atoms with Crippen LogP contribution in [-0.4, -0.2) is 26.5 Å². The first-order valence-corrected chi connectivity index (χ1v) is 8.29. The van der Waals surface area contributed by atoms with E-state index >= 15 is 0 Å². The van der Waals surface area contributed by atoms with Crippen molar-refractivity contribution in [2.24, 2.45) is 0 Å². The van der Waals surface area contributed by atoms with E-state index in [0.29, 0.717) is 18.4 Å². The lowest BCUT2D eigenvalue weighted by molar-refractivity contribution is -0.116. The second-order valence-electron chi connectivity index (χ2n) is 6.05. The third-order valence-electron chi connectivity index (χ3n) is 4.29. The number of benzene rings is 2. The van der Waals surface area contributed by atoms with Crippen LogP contribution in [0.5, 0.6) is 0 Å². The number of allylic oxidation sites excluding steroid dienone is 1. The summed E-state index contributed by atoms with van der Waals surface area (Å²) in [7, 11) is 0. The summed E-state index contributed by atoms with van der Waals surface area (Å²) in [4.78, 5) is 27.7. The van der Waals surface area contributed by atoms with Crippen LogP contribution < -0.4 is 5.32 Å². The van der Waals surface area contributed by atoms with Gasteiger partial charge in [-0.25, -0.2) is 9.67 Å². The molecule has 1 aliphatic heterocycles. The first-order chi connectivity index (χ1) is 12.7. The number of hydrogen-bond acceptors (Lipinski definition) is 4. The molecule has 2 heterocycles. The third kappa shape index (κ3) is 3.30. The van der Waals surface area contributed by atoms with E-state index in [9.17, 15) is 9.59 Å². The number of hydrogen-bond donors (Lipinski definition) is 1. The molecule has 0 atom stereocenters. The van der Waals surface area contributed by atoms with Crippen LogP contribution in [0.4, 0.5) is 5.69 Å². The summed E-state index contributed by atoms with van der Waals surface area (Å²) in [5, 5.41) is 6.90. The molecule has 0 radical (unpaired) electrons. The number of nitrogens with one attached hydrogen (secondary N) is 1. The second kappa shape index (κ2) is 6.76. The molecule has 6 heteroatoms. The Labute approximate surface area is 150 Å². The molecule has 0 aliphatic carbocycles. The monoisotopic (exact) mass is 344 g/mol. The van der Waals surface area contributed by atoms with Gasteiger partial charge in [0.05, 0.1) is 5.69 Å². The predicted molar refractivity (Wildman–Crippen MR) is 98.1 cm³/mol. The van der Waals surface area contributed by atoms with E-state index in [1.165, 1.54) is 6.33 Å². The summed E-state index contributed by atoms with van der Waals surface area (Å²) in [5.74, 6) is -0.0455. The summed E-state index contributed by atoms with van der Waals surface area (Å²) in [6.45, 7) is 0. The molecule has 0 bridgehead atoms. The van der Waals surface area contributed by atoms with Gasteiger partial charge in [0.25, 0.3) is 0 Å². The van der Waals surface area contributed by atoms with Gasteiger partial charge in [-0.05, 0) is 54.0 Å². The van der Waals surface area contributed by atoms with Crippen LogP contribution in [0.25, 0.3) is 11.8 Å². The summed E-state index contributed by atoms with van der Waals surface area (Å²) in [6.07, 6.45) is 7.58. The van der Waals surface area contributed by atoms with Gasteiger partial charge in [-0.15, -0.1) is 0 Å². The molecular weight excluding hydrogens is 328 g/mol. The number of carbonyl (C=O) groups is 2. The Hall–Kier alpha value is -3.54. The molecule has 0 fully saturated rings. The number of amides is 1. The van der Waals surface area contributed by atoms with E-state index in [4.69, 9.17) is 0 Å². The topological polar surface area (TPSA) is 76.9 Å². The first kappa shape index (κ1) is 16.0. The minimum Gasteiger partial charge on any atom is -0.326 e. The summed E-state index contributed by atoms with van der Waals surface area (Å²) < 4.78 is 1.67. The molecule has 1 aliphatic rings. The minimum absolute atomic E-state index is 0.0193. The highest BCUT2D eigenvalue weighted by Crippen LogP contribution is 2.24. The van der Waals surface area contributed by atoms with Crippen LogP contribution in [0.3, 0.4) is 0 Å². The van der Waals surface area contributed by atoms with Gasteiger partial charge in [0.15, 0.2) is 5.78 Å². The van der Waals surface area contributed by atoms with E-state index in [2.05, 4.69) is 15.4 Å². The van der Waals surface area contributed by atoms with Crippen molar-refractivity contribution in [1.82, 2.24) is 14.8 Å². The van der Waals surface area contributed by atoms with Crippen molar-refractivity contribution in [2.45, 2.75) is 12.8 Å². The van der Waals surface area contributed by atoms with E-state index in [1.54, 1.807) is 35.3 Å². The van der Waals surface area contributed by atoms with Gasteiger partial charge in [0, 0.05) is 17.7 Å². The van der Waals surface area contributed by atoms with Crippen LogP contribution in [0.2, 0.25) is 0 Å². The molecule has 26 heavy (non-hydrogen) atoms. The van der Waals surface area contributed by atoms with Crippen LogP contribution in [0.15, 0.2) is 61.2 Å². The average Bonchev–Trinajstić information content (AvgIpc) is 3.21. The van der Waals surface area contributed by atoms with E-state index in [0.717, 1.165) is 22.5 Å². The van der Waals surface area contributed by atoms with Gasteiger partial charge in [0.2, 0.25) is 5.91 Å². The fourth-order valence-electron chi connectivity index (χ4n) is 2.88. The number of fused-ring (bicyclic) bond motifs is 1. The van der Waals surface area contributed by atoms with Gasteiger partial charge in [-0.3, -0.25) is 9.59 Å². The smallest absolute Gasteiger partial charge is 0.224 e. The standard InChI is InChI=1S/C20H16N4O2/c25-19(16-4-8-18-15(11-16)5-10-20(26)23-18)9-3-14-1-6-17(7-2-14)24-13-21-12-22-24/h1-4,6-9,11-13H,5,10H2,(H,23,26)/b9-3-. The quantitative estimate of drug-likeness (QED) is 0.583. The number of rotatable bonds is 4. The molecule has 2 aromatic carbocycles. The highest BCUT2D eigenvalue weighted by Gasteiger charge is 2.15. The molecule has 6 nitrogen and oxygen atoms in total. The largest absolute Gasteiger partial charge is 0.326 e.